The molecule has 0 fully saturated rings. The van der Waals surface area contributed by atoms with Crippen molar-refractivity contribution in [2.75, 3.05) is 6.61 Å². The van der Waals surface area contributed by atoms with Gasteiger partial charge in [0.2, 0.25) is 0 Å². The van der Waals surface area contributed by atoms with Gasteiger partial charge in [-0.1, -0.05) is 12.1 Å². The van der Waals surface area contributed by atoms with Crippen LogP contribution in [0.4, 0.5) is 0 Å². The molecule has 0 aliphatic carbocycles. The van der Waals surface area contributed by atoms with E-state index in [1.807, 2.05) is 13.0 Å². The number of halogens is 1. The predicted octanol–water partition coefficient (Wildman–Crippen LogP) is 3.46. The summed E-state index contributed by atoms with van der Waals surface area (Å²) < 4.78 is 11.4. The lowest BCUT2D eigenvalue weighted by Crippen LogP contribution is -2.10. The van der Waals surface area contributed by atoms with Gasteiger partial charge in [-0.2, -0.15) is 0 Å². The van der Waals surface area contributed by atoms with Crippen LogP contribution in [0.2, 0.25) is 0 Å². The minimum absolute atomic E-state index is 0.376. The van der Waals surface area contributed by atoms with Gasteiger partial charge in [-0.25, -0.2) is 4.79 Å². The molecule has 98 valence electrons. The van der Waals surface area contributed by atoms with E-state index >= 15 is 0 Å². The zero-order valence-electron chi connectivity index (χ0n) is 10.3. The molecule has 0 spiro atoms. The van der Waals surface area contributed by atoms with Crippen molar-refractivity contribution < 1.29 is 14.3 Å². The monoisotopic (exact) mass is 321 g/mol. The Morgan fingerprint density at radius 2 is 2.00 bits per heavy atom. The van der Waals surface area contributed by atoms with Crippen LogP contribution < -0.4 is 9.47 Å². The summed E-state index contributed by atoms with van der Waals surface area (Å²) in [6.45, 7) is 2.38. The van der Waals surface area contributed by atoms with Gasteiger partial charge in [-0.15, -0.1) is 0 Å². The maximum Gasteiger partial charge on any atom is 0.345 e. The molecule has 1 aromatic heterocycles. The number of benzene rings is 1. The number of para-hydroxylation sites is 2. The Balaban J connectivity index is 2.19. The second kappa shape index (κ2) is 6.33. The number of hydrogen-bond donors (Lipinski definition) is 0. The molecule has 0 saturated heterocycles. The molecule has 0 bridgehead atoms. The van der Waals surface area contributed by atoms with E-state index in [-0.39, 0.29) is 0 Å². The molecule has 5 heteroatoms. The van der Waals surface area contributed by atoms with Crippen LogP contribution in [0.25, 0.3) is 0 Å². The number of hydrogen-bond acceptors (Lipinski definition) is 4. The SMILES string of the molecule is CCOc1ccccc1OC(=O)c1cncc(Br)c1. The minimum atomic E-state index is -0.471. The lowest BCUT2D eigenvalue weighted by molar-refractivity contribution is 0.0728. The van der Waals surface area contributed by atoms with E-state index in [0.29, 0.717) is 23.7 Å². The summed E-state index contributed by atoms with van der Waals surface area (Å²) in [4.78, 5) is 15.9. The summed E-state index contributed by atoms with van der Waals surface area (Å²) in [6, 6.07) is 8.70. The summed E-state index contributed by atoms with van der Waals surface area (Å²) >= 11 is 3.26. The van der Waals surface area contributed by atoms with Gasteiger partial charge in [0.15, 0.2) is 11.5 Å². The number of esters is 1. The standard InChI is InChI=1S/C14H12BrNO3/c1-2-18-12-5-3-4-6-13(12)19-14(17)10-7-11(15)9-16-8-10/h3-9H,2H2,1H3. The number of nitrogens with zero attached hydrogens (tertiary/aromatic N) is 1. The van der Waals surface area contributed by atoms with Crippen molar-refractivity contribution in [3.05, 3.63) is 52.8 Å². The van der Waals surface area contributed by atoms with Gasteiger partial charge < -0.3 is 9.47 Å². The molecule has 2 rings (SSSR count). The Hall–Kier alpha value is -1.88. The molecule has 0 amide bonds. The van der Waals surface area contributed by atoms with Crippen LogP contribution >= 0.6 is 15.9 Å². The topological polar surface area (TPSA) is 48.4 Å². The fourth-order valence-corrected chi connectivity index (χ4v) is 1.86. The molecule has 0 unspecified atom stereocenters. The van der Waals surface area contributed by atoms with Gasteiger partial charge >= 0.3 is 5.97 Å². The molecule has 0 N–H and O–H groups in total. The minimum Gasteiger partial charge on any atom is -0.490 e. The summed E-state index contributed by atoms with van der Waals surface area (Å²) in [6.07, 6.45) is 3.06. The van der Waals surface area contributed by atoms with Gasteiger partial charge in [0.1, 0.15) is 0 Å². The van der Waals surface area contributed by atoms with Crippen LogP contribution in [0, 0.1) is 0 Å². The van der Waals surface area contributed by atoms with Crippen LogP contribution in [0.1, 0.15) is 17.3 Å². The summed E-state index contributed by atoms with van der Waals surface area (Å²) in [5.41, 5.74) is 0.376. The first-order valence-corrected chi connectivity index (χ1v) is 6.54. The molecule has 4 nitrogen and oxygen atoms in total. The molecule has 1 heterocycles. The fourth-order valence-electron chi connectivity index (χ4n) is 1.49. The number of aromatic nitrogens is 1. The first-order valence-electron chi connectivity index (χ1n) is 5.75. The Morgan fingerprint density at radius 3 is 2.68 bits per heavy atom. The second-order valence-electron chi connectivity index (χ2n) is 3.66. The first-order chi connectivity index (χ1) is 9.20. The summed E-state index contributed by atoms with van der Waals surface area (Å²) in [5.74, 6) is 0.469. The molecular formula is C14H12BrNO3. The largest absolute Gasteiger partial charge is 0.490 e. The summed E-state index contributed by atoms with van der Waals surface area (Å²) in [7, 11) is 0. The maximum absolute atomic E-state index is 12.0. The third-order valence-electron chi connectivity index (χ3n) is 2.29. The van der Waals surface area contributed by atoms with E-state index in [4.69, 9.17) is 9.47 Å². The van der Waals surface area contributed by atoms with Crippen LogP contribution in [0.3, 0.4) is 0 Å². The van der Waals surface area contributed by atoms with Gasteiger partial charge in [-0.3, -0.25) is 4.98 Å². The van der Waals surface area contributed by atoms with Crippen LogP contribution in [0.5, 0.6) is 11.5 Å². The molecule has 0 radical (unpaired) electrons. The van der Waals surface area contributed by atoms with Crippen molar-refractivity contribution in [2.24, 2.45) is 0 Å². The quantitative estimate of drug-likeness (QED) is 0.639. The second-order valence-corrected chi connectivity index (χ2v) is 4.58. The smallest absolute Gasteiger partial charge is 0.345 e. The first kappa shape index (κ1) is 13.5. The molecule has 0 atom stereocenters. The van der Waals surface area contributed by atoms with Crippen molar-refractivity contribution in [3.8, 4) is 11.5 Å². The Bertz CT molecular complexity index is 586. The normalized spacial score (nSPS) is 10.0. The summed E-state index contributed by atoms with van der Waals surface area (Å²) in [5, 5.41) is 0. The third kappa shape index (κ3) is 3.54. The number of carbonyl (C=O) groups is 1. The van der Waals surface area contributed by atoms with Crippen molar-refractivity contribution in [3.63, 3.8) is 0 Å². The van der Waals surface area contributed by atoms with Crippen molar-refractivity contribution >= 4 is 21.9 Å². The zero-order valence-corrected chi connectivity index (χ0v) is 11.9. The predicted molar refractivity (Wildman–Crippen MR) is 74.5 cm³/mol. The highest BCUT2D eigenvalue weighted by Gasteiger charge is 2.12. The van der Waals surface area contributed by atoms with Gasteiger partial charge in [0.25, 0.3) is 0 Å². The zero-order chi connectivity index (χ0) is 13.7. The molecule has 0 aliphatic rings. The van der Waals surface area contributed by atoms with E-state index < -0.39 is 5.97 Å². The van der Waals surface area contributed by atoms with E-state index in [1.165, 1.54) is 6.20 Å². The number of rotatable bonds is 4. The molecule has 19 heavy (non-hydrogen) atoms. The van der Waals surface area contributed by atoms with E-state index in [9.17, 15) is 4.79 Å². The third-order valence-corrected chi connectivity index (χ3v) is 2.73. The Morgan fingerprint density at radius 1 is 1.26 bits per heavy atom. The molecular weight excluding hydrogens is 310 g/mol. The van der Waals surface area contributed by atoms with Crippen LogP contribution in [-0.4, -0.2) is 17.6 Å². The number of ether oxygens (including phenoxy) is 2. The molecule has 1 aromatic carbocycles. The van der Waals surface area contributed by atoms with Crippen LogP contribution in [-0.2, 0) is 0 Å². The van der Waals surface area contributed by atoms with Gasteiger partial charge in [0.05, 0.1) is 12.2 Å². The fraction of sp³-hybridized carbons (Fsp3) is 0.143. The van der Waals surface area contributed by atoms with E-state index in [0.717, 1.165) is 4.47 Å². The lowest BCUT2D eigenvalue weighted by Gasteiger charge is -2.10. The van der Waals surface area contributed by atoms with Crippen LogP contribution in [0.15, 0.2) is 47.2 Å². The molecule has 0 saturated carbocycles. The highest BCUT2D eigenvalue weighted by atomic mass is 79.9. The Kier molecular flexibility index (Phi) is 4.52. The van der Waals surface area contributed by atoms with E-state index in [2.05, 4.69) is 20.9 Å². The van der Waals surface area contributed by atoms with E-state index in [1.54, 1.807) is 30.5 Å². The van der Waals surface area contributed by atoms with Crippen molar-refractivity contribution in [2.45, 2.75) is 6.92 Å². The average Bonchev–Trinajstić information content (AvgIpc) is 2.41. The number of pyridine rings is 1. The van der Waals surface area contributed by atoms with Crippen molar-refractivity contribution in [1.82, 2.24) is 4.98 Å². The molecule has 2 aromatic rings. The maximum atomic E-state index is 12.0. The lowest BCUT2D eigenvalue weighted by atomic mass is 10.3. The number of carbonyl (C=O) groups excluding carboxylic acids is 1. The van der Waals surface area contributed by atoms with Gasteiger partial charge in [0, 0.05) is 16.9 Å². The van der Waals surface area contributed by atoms with Crippen molar-refractivity contribution in [1.29, 1.82) is 0 Å². The molecule has 0 aliphatic heterocycles. The average molecular weight is 322 g/mol. The highest BCUT2D eigenvalue weighted by molar-refractivity contribution is 9.10. The highest BCUT2D eigenvalue weighted by Crippen LogP contribution is 2.27. The van der Waals surface area contributed by atoms with Gasteiger partial charge in [-0.05, 0) is 41.1 Å². The Labute approximate surface area is 119 Å².